The number of aliphatic hydroxyl groups is 1. The third kappa shape index (κ3) is 14.6. The number of hydrogen-bond acceptors (Lipinski definition) is 11. The molecule has 1 aromatic rings. The lowest BCUT2D eigenvalue weighted by molar-refractivity contribution is -0.192. The second-order valence-corrected chi connectivity index (χ2v) is 14.5. The molecule has 3 aliphatic rings. The van der Waals surface area contributed by atoms with Crippen molar-refractivity contribution < 1.29 is 66.8 Å². The van der Waals surface area contributed by atoms with Crippen molar-refractivity contribution in [3.8, 4) is 0 Å². The molecule has 3 heterocycles. The molecule has 4 rings (SSSR count). The number of alkyl halides is 3. The van der Waals surface area contributed by atoms with E-state index in [1.54, 1.807) is 30.3 Å². The topological polar surface area (TPSA) is 333 Å². The van der Waals surface area contributed by atoms with Gasteiger partial charge in [0.2, 0.25) is 35.4 Å². The van der Waals surface area contributed by atoms with E-state index in [2.05, 4.69) is 20.9 Å². The molecule has 0 spiro atoms. The maximum atomic E-state index is 13.7. The van der Waals surface area contributed by atoms with Crippen molar-refractivity contribution in [3.05, 3.63) is 35.9 Å². The Kier molecular flexibility index (Phi) is 18.7. The van der Waals surface area contributed by atoms with Crippen LogP contribution in [0.2, 0.25) is 0 Å². The van der Waals surface area contributed by atoms with Crippen LogP contribution in [0, 0.1) is 0 Å². The highest BCUT2D eigenvalue weighted by atomic mass is 19.4. The van der Waals surface area contributed by atoms with Crippen LogP contribution in [0.1, 0.15) is 56.9 Å². The number of carbonyl (C=O) groups excluding carboxylic acids is 6. The summed E-state index contributed by atoms with van der Waals surface area (Å²) < 4.78 is 31.7. The average molecular weight is 871 g/mol. The number of guanidine groups is 1. The molecule has 0 saturated carbocycles. The standard InChI is InChI=1S/C35H52N10O9.C2HF3O2/c36-22(10-4-14-39-35(37)38)31(50)44-16-6-12-26(44)33(52)43-15-5-11-25(43)30(49)40-19-28(47)41-23(18-21-8-2-1-3-9-21)29(48)42-24(20-46)32(51)45-17-7-13-27(45)34(53)54;3-2(4,5)1(6)7/h1-3,8-9,22-27,46H,4-7,10-20,36H2,(H,40,49)(H,41,47)(H,42,48)(H,53,54)(H4,37,38,39);(H,6,7)/t22-,23-,24-,25-,26-,27-;/m0./s1. The molecule has 0 aliphatic carbocycles. The third-order valence-corrected chi connectivity index (χ3v) is 10.2. The molecule has 0 unspecified atom stereocenters. The molecule has 24 heteroatoms. The van der Waals surface area contributed by atoms with Gasteiger partial charge in [0.15, 0.2) is 5.96 Å². The van der Waals surface area contributed by atoms with E-state index >= 15 is 0 Å². The van der Waals surface area contributed by atoms with Crippen LogP contribution < -0.4 is 33.2 Å². The van der Waals surface area contributed by atoms with Crippen molar-refractivity contribution in [2.24, 2.45) is 22.2 Å². The zero-order chi connectivity index (χ0) is 45.4. The van der Waals surface area contributed by atoms with E-state index in [1.807, 2.05) is 0 Å². The number of likely N-dealkylation sites (tertiary alicyclic amines) is 3. The van der Waals surface area contributed by atoms with Gasteiger partial charge < -0.3 is 63.2 Å². The van der Waals surface area contributed by atoms with Crippen LogP contribution in [0.5, 0.6) is 0 Å². The number of carboxylic acid groups (broad SMARTS) is 2. The minimum atomic E-state index is -5.08. The van der Waals surface area contributed by atoms with Gasteiger partial charge in [-0.05, 0) is 56.9 Å². The van der Waals surface area contributed by atoms with Crippen molar-refractivity contribution in [3.63, 3.8) is 0 Å². The lowest BCUT2D eigenvalue weighted by Crippen LogP contribution is -2.58. The van der Waals surface area contributed by atoms with E-state index < -0.39 is 91.1 Å². The summed E-state index contributed by atoms with van der Waals surface area (Å²) in [5.74, 6) is -7.58. The normalized spacial score (nSPS) is 20.0. The van der Waals surface area contributed by atoms with E-state index in [4.69, 9.17) is 27.1 Å². The molecule has 21 nitrogen and oxygen atoms in total. The second kappa shape index (κ2) is 23.1. The number of nitrogens with two attached hydrogens (primary N) is 3. The number of carboxylic acids is 2. The SMILES string of the molecule is NC(N)=NCCC[C@H](N)C(=O)N1CCC[C@H]1C(=O)N1CCC[C@H]1C(=O)NCC(=O)N[C@@H](Cc1ccccc1)C(=O)N[C@@H](CO)C(=O)N1CCC[C@H]1C(=O)O.O=C(O)C(F)(F)F. The van der Waals surface area contributed by atoms with E-state index in [1.165, 1.54) is 9.80 Å². The van der Waals surface area contributed by atoms with Crippen LogP contribution in [-0.2, 0) is 44.8 Å². The Hall–Kier alpha value is -6.04. The molecule has 0 bridgehead atoms. The lowest BCUT2D eigenvalue weighted by Gasteiger charge is -2.32. The molecule has 12 N–H and O–H groups in total. The molecule has 6 atom stereocenters. The minimum absolute atomic E-state index is 0.00159. The number of halogens is 3. The van der Waals surface area contributed by atoms with Crippen molar-refractivity contribution in [2.45, 2.75) is 100 Å². The van der Waals surface area contributed by atoms with Crippen molar-refractivity contribution in [1.82, 2.24) is 30.7 Å². The van der Waals surface area contributed by atoms with Gasteiger partial charge in [-0.25, -0.2) is 9.59 Å². The Bertz CT molecular complexity index is 1770. The van der Waals surface area contributed by atoms with Gasteiger partial charge in [-0.15, -0.1) is 0 Å². The molecule has 0 radical (unpaired) electrons. The minimum Gasteiger partial charge on any atom is -0.480 e. The zero-order valence-electron chi connectivity index (χ0n) is 33.2. The molecule has 3 fully saturated rings. The van der Waals surface area contributed by atoms with E-state index in [0.29, 0.717) is 70.1 Å². The molecule has 1 aromatic carbocycles. The van der Waals surface area contributed by atoms with E-state index in [-0.39, 0.29) is 37.2 Å². The van der Waals surface area contributed by atoms with Gasteiger partial charge in [-0.2, -0.15) is 13.2 Å². The number of hydrogen-bond donors (Lipinski definition) is 9. The number of aliphatic carboxylic acids is 2. The fourth-order valence-electron chi connectivity index (χ4n) is 7.17. The number of nitrogens with one attached hydrogen (secondary N) is 3. The van der Waals surface area contributed by atoms with Gasteiger partial charge >= 0.3 is 18.1 Å². The summed E-state index contributed by atoms with van der Waals surface area (Å²) in [6, 6.07) is 2.47. The molecule has 0 aromatic heterocycles. The van der Waals surface area contributed by atoms with Crippen molar-refractivity contribution >= 4 is 53.3 Å². The largest absolute Gasteiger partial charge is 0.490 e. The molecule has 3 aliphatic heterocycles. The molecular weight excluding hydrogens is 817 g/mol. The smallest absolute Gasteiger partial charge is 0.480 e. The van der Waals surface area contributed by atoms with Gasteiger partial charge in [-0.1, -0.05) is 30.3 Å². The quantitative estimate of drug-likeness (QED) is 0.0440. The predicted octanol–water partition coefficient (Wildman–Crippen LogP) is -2.62. The number of amides is 6. The highest BCUT2D eigenvalue weighted by molar-refractivity contribution is 5.96. The first-order valence-electron chi connectivity index (χ1n) is 19.5. The highest BCUT2D eigenvalue weighted by Gasteiger charge is 2.43. The Balaban J connectivity index is 0.00000130. The van der Waals surface area contributed by atoms with Gasteiger partial charge in [0.1, 0.15) is 30.2 Å². The number of rotatable bonds is 17. The van der Waals surface area contributed by atoms with E-state index in [0.717, 1.165) is 4.90 Å². The van der Waals surface area contributed by atoms with Gasteiger partial charge in [0.25, 0.3) is 0 Å². The number of nitrogens with zero attached hydrogens (tertiary/aromatic N) is 4. The fourth-order valence-corrected chi connectivity index (χ4v) is 7.17. The maximum Gasteiger partial charge on any atom is 0.490 e. The first-order valence-corrected chi connectivity index (χ1v) is 19.5. The van der Waals surface area contributed by atoms with E-state index in [9.17, 15) is 56.9 Å². The number of benzene rings is 1. The molecule has 3 saturated heterocycles. The third-order valence-electron chi connectivity index (χ3n) is 10.2. The Morgan fingerprint density at radius 1 is 0.803 bits per heavy atom. The first-order chi connectivity index (χ1) is 28.8. The van der Waals surface area contributed by atoms with Crippen LogP contribution in [0.25, 0.3) is 0 Å². The summed E-state index contributed by atoms with van der Waals surface area (Å²) in [7, 11) is 0. The summed E-state index contributed by atoms with van der Waals surface area (Å²) in [6.07, 6.45) is -1.68. The maximum absolute atomic E-state index is 13.7. The average Bonchev–Trinajstić information content (AvgIpc) is 4.02. The second-order valence-electron chi connectivity index (χ2n) is 14.5. The summed E-state index contributed by atoms with van der Waals surface area (Å²) in [4.78, 5) is 108. The molecule has 338 valence electrons. The Labute approximate surface area is 348 Å². The lowest BCUT2D eigenvalue weighted by atomic mass is 10.0. The van der Waals surface area contributed by atoms with Crippen molar-refractivity contribution in [2.75, 3.05) is 39.3 Å². The van der Waals surface area contributed by atoms with Crippen LogP contribution in [0.15, 0.2) is 35.3 Å². The summed E-state index contributed by atoms with van der Waals surface area (Å²) >= 11 is 0. The van der Waals surface area contributed by atoms with Gasteiger partial charge in [0.05, 0.1) is 19.2 Å². The van der Waals surface area contributed by atoms with Crippen LogP contribution in [-0.4, -0.2) is 165 Å². The first kappa shape index (κ1) is 49.3. The van der Waals surface area contributed by atoms with Crippen LogP contribution in [0.4, 0.5) is 13.2 Å². The van der Waals surface area contributed by atoms with Crippen LogP contribution in [0.3, 0.4) is 0 Å². The summed E-state index contributed by atoms with van der Waals surface area (Å²) in [5.41, 5.74) is 17.5. The van der Waals surface area contributed by atoms with Gasteiger partial charge in [0, 0.05) is 32.6 Å². The summed E-state index contributed by atoms with van der Waals surface area (Å²) in [6.45, 7) is -0.212. The predicted molar refractivity (Wildman–Crippen MR) is 208 cm³/mol. The number of aliphatic hydroxyl groups excluding tert-OH is 1. The van der Waals surface area contributed by atoms with Gasteiger partial charge in [-0.3, -0.25) is 33.8 Å². The van der Waals surface area contributed by atoms with Crippen LogP contribution >= 0.6 is 0 Å². The Morgan fingerprint density at radius 2 is 1.36 bits per heavy atom. The molecule has 6 amide bonds. The number of aliphatic imine (C=N–C) groups is 1. The monoisotopic (exact) mass is 870 g/mol. The summed E-state index contributed by atoms with van der Waals surface area (Å²) in [5, 5.41) is 34.2. The molecule has 61 heavy (non-hydrogen) atoms. The molecular formula is C37H53F3N10O11. The number of carbonyl (C=O) groups is 8. The zero-order valence-corrected chi connectivity index (χ0v) is 33.2. The Morgan fingerprint density at radius 3 is 1.92 bits per heavy atom. The van der Waals surface area contributed by atoms with Crippen molar-refractivity contribution in [1.29, 1.82) is 0 Å². The highest BCUT2D eigenvalue weighted by Crippen LogP contribution is 2.26. The fraction of sp³-hybridized carbons (Fsp3) is 0.595.